The number of nitrogens with zero attached hydrogens (tertiary/aromatic N) is 4. The molecule has 0 radical (unpaired) electrons. The maximum Gasteiger partial charge on any atom is 0.418 e. The molecule has 182 valence electrons. The second kappa shape index (κ2) is 8.14. The van der Waals surface area contributed by atoms with E-state index in [1.807, 2.05) is 25.7 Å². The van der Waals surface area contributed by atoms with Crippen LogP contribution in [0.1, 0.15) is 45.6 Å². The summed E-state index contributed by atoms with van der Waals surface area (Å²) in [5.41, 5.74) is -1.13. The molecule has 2 unspecified atom stereocenters. The van der Waals surface area contributed by atoms with Gasteiger partial charge in [0.1, 0.15) is 16.1 Å². The van der Waals surface area contributed by atoms with Crippen molar-refractivity contribution in [1.82, 2.24) is 14.9 Å². The minimum absolute atomic E-state index is 0.0690. The molecule has 4 heterocycles. The molecule has 0 N–H and O–H groups in total. The van der Waals surface area contributed by atoms with Crippen LogP contribution in [0.3, 0.4) is 0 Å². The summed E-state index contributed by atoms with van der Waals surface area (Å²) in [6.07, 6.45) is -0.792. The minimum Gasteiger partial charge on any atom is -0.444 e. The van der Waals surface area contributed by atoms with E-state index in [9.17, 15) is 18.0 Å². The van der Waals surface area contributed by atoms with Crippen LogP contribution in [-0.2, 0) is 10.9 Å². The van der Waals surface area contributed by atoms with E-state index in [1.165, 1.54) is 17.4 Å². The molecule has 2 aliphatic rings. The van der Waals surface area contributed by atoms with Gasteiger partial charge in [0.15, 0.2) is 5.58 Å². The average molecular weight is 495 g/mol. The van der Waals surface area contributed by atoms with Crippen LogP contribution in [0.4, 0.5) is 24.0 Å². The molecule has 2 aliphatic heterocycles. The van der Waals surface area contributed by atoms with Crippen molar-refractivity contribution in [2.45, 2.75) is 63.9 Å². The predicted molar refractivity (Wildman–Crippen MR) is 122 cm³/mol. The van der Waals surface area contributed by atoms with E-state index in [0.29, 0.717) is 23.7 Å². The second-order valence-corrected chi connectivity index (χ2v) is 10.6. The van der Waals surface area contributed by atoms with Gasteiger partial charge >= 0.3 is 12.3 Å². The third-order valence-electron chi connectivity index (χ3n) is 6.10. The molecule has 2 saturated heterocycles. The van der Waals surface area contributed by atoms with E-state index in [2.05, 4.69) is 9.97 Å². The molecule has 0 saturated carbocycles. The van der Waals surface area contributed by atoms with Crippen LogP contribution in [0.5, 0.6) is 0 Å². The maximum absolute atomic E-state index is 13.7. The first kappa shape index (κ1) is 22.9. The first-order valence-corrected chi connectivity index (χ1v) is 12.1. The predicted octanol–water partition coefficient (Wildman–Crippen LogP) is 5.95. The van der Waals surface area contributed by atoms with Gasteiger partial charge in [-0.05, 0) is 52.2 Å². The van der Waals surface area contributed by atoms with Gasteiger partial charge < -0.3 is 14.1 Å². The Kier molecular flexibility index (Phi) is 5.50. The van der Waals surface area contributed by atoms with E-state index in [1.54, 1.807) is 16.5 Å². The Morgan fingerprint density at radius 2 is 1.88 bits per heavy atom. The van der Waals surface area contributed by atoms with Gasteiger partial charge in [-0.2, -0.15) is 18.2 Å². The Morgan fingerprint density at radius 1 is 1.18 bits per heavy atom. The minimum atomic E-state index is -4.57. The topological polar surface area (TPSA) is 71.7 Å². The van der Waals surface area contributed by atoms with Crippen molar-refractivity contribution in [1.29, 1.82) is 0 Å². The summed E-state index contributed by atoms with van der Waals surface area (Å²) >= 11 is 1.32. The summed E-state index contributed by atoms with van der Waals surface area (Å²) < 4.78 is 52.8. The van der Waals surface area contributed by atoms with Gasteiger partial charge in [0, 0.05) is 24.7 Å². The normalized spacial score (nSPS) is 21.2. The first-order valence-electron chi connectivity index (χ1n) is 11.2. The molecule has 11 heteroatoms. The number of carbonyl (C=O) groups is 1. The fourth-order valence-electron chi connectivity index (χ4n) is 4.76. The highest BCUT2D eigenvalue weighted by molar-refractivity contribution is 7.13. The van der Waals surface area contributed by atoms with Crippen molar-refractivity contribution in [3.8, 4) is 10.6 Å². The zero-order valence-electron chi connectivity index (χ0n) is 19.1. The van der Waals surface area contributed by atoms with Crippen molar-refractivity contribution in [3.05, 3.63) is 29.3 Å². The smallest absolute Gasteiger partial charge is 0.418 e. The molecule has 2 atom stereocenters. The standard InChI is InChI=1S/C23H25F3N4O3S/c1-22(2,3)33-21(31)30-13-5-4-6-14(30)12-29(11-13)20-28-17-16(23(24,25)26)8-7-15(18(17)32-20)19-27-9-10-34-19/h7-10,13-14H,4-6,11-12H2,1-3H3. The van der Waals surface area contributed by atoms with Crippen LogP contribution in [0, 0.1) is 0 Å². The van der Waals surface area contributed by atoms with E-state index >= 15 is 0 Å². The van der Waals surface area contributed by atoms with E-state index in [4.69, 9.17) is 9.15 Å². The van der Waals surface area contributed by atoms with Crippen molar-refractivity contribution >= 4 is 34.5 Å². The largest absolute Gasteiger partial charge is 0.444 e. The van der Waals surface area contributed by atoms with Crippen LogP contribution >= 0.6 is 11.3 Å². The zero-order valence-corrected chi connectivity index (χ0v) is 19.9. The fraction of sp³-hybridized carbons (Fsp3) is 0.522. The van der Waals surface area contributed by atoms with Gasteiger partial charge in [-0.15, -0.1) is 11.3 Å². The van der Waals surface area contributed by atoms with Crippen LogP contribution < -0.4 is 4.90 Å². The Morgan fingerprint density at radius 3 is 2.47 bits per heavy atom. The number of benzene rings is 1. The average Bonchev–Trinajstić information content (AvgIpc) is 3.40. The third-order valence-corrected chi connectivity index (χ3v) is 6.91. The number of amides is 1. The van der Waals surface area contributed by atoms with Gasteiger partial charge in [-0.25, -0.2) is 9.78 Å². The molecule has 0 aliphatic carbocycles. The Bertz CT molecular complexity index is 1190. The van der Waals surface area contributed by atoms with Gasteiger partial charge in [0.2, 0.25) is 0 Å². The monoisotopic (exact) mass is 494 g/mol. The lowest BCUT2D eigenvalue weighted by molar-refractivity contribution is -0.136. The van der Waals surface area contributed by atoms with E-state index in [0.717, 1.165) is 25.3 Å². The molecule has 0 spiro atoms. The van der Waals surface area contributed by atoms with Gasteiger partial charge in [0.05, 0.1) is 23.2 Å². The highest BCUT2D eigenvalue weighted by Crippen LogP contribution is 2.41. The Labute approximate surface area is 198 Å². The first-order chi connectivity index (χ1) is 16.0. The Balaban J connectivity index is 1.51. The van der Waals surface area contributed by atoms with Crippen molar-refractivity contribution in [2.24, 2.45) is 0 Å². The summed E-state index contributed by atoms with van der Waals surface area (Å²) in [5, 5.41) is 2.32. The van der Waals surface area contributed by atoms with Crippen LogP contribution in [0.2, 0.25) is 0 Å². The number of aromatic nitrogens is 2. The number of fused-ring (bicyclic) bond motifs is 3. The summed E-state index contributed by atoms with van der Waals surface area (Å²) in [6.45, 7) is 6.31. The molecular formula is C23H25F3N4O3S. The number of carbonyl (C=O) groups excluding carboxylic acids is 1. The number of hydrogen-bond acceptors (Lipinski definition) is 7. The summed E-state index contributed by atoms with van der Waals surface area (Å²) in [6, 6.07) is 2.29. The summed E-state index contributed by atoms with van der Waals surface area (Å²) in [5.74, 6) is 0. The molecule has 34 heavy (non-hydrogen) atoms. The zero-order chi connectivity index (χ0) is 24.3. The molecule has 3 aromatic rings. The molecule has 1 amide bonds. The number of rotatable bonds is 2. The molecule has 5 rings (SSSR count). The van der Waals surface area contributed by atoms with Crippen LogP contribution in [0.25, 0.3) is 21.7 Å². The number of ether oxygens (including phenoxy) is 1. The van der Waals surface area contributed by atoms with Crippen LogP contribution in [-0.4, -0.2) is 51.7 Å². The molecule has 2 bridgehead atoms. The maximum atomic E-state index is 13.7. The summed E-state index contributed by atoms with van der Waals surface area (Å²) in [4.78, 5) is 25.0. The molecule has 2 aromatic heterocycles. The number of piperidine rings is 1. The molecular weight excluding hydrogens is 469 g/mol. The van der Waals surface area contributed by atoms with Crippen molar-refractivity contribution in [2.75, 3.05) is 18.0 Å². The number of halogens is 3. The van der Waals surface area contributed by atoms with E-state index < -0.39 is 17.3 Å². The number of anilines is 1. The third kappa shape index (κ3) is 4.21. The van der Waals surface area contributed by atoms with Crippen LogP contribution in [0.15, 0.2) is 28.1 Å². The van der Waals surface area contributed by atoms with Crippen molar-refractivity contribution < 1.29 is 27.1 Å². The number of hydrogen-bond donors (Lipinski definition) is 0. The van der Waals surface area contributed by atoms with Crippen molar-refractivity contribution in [3.63, 3.8) is 0 Å². The Hall–Kier alpha value is -2.82. The number of thiazole rings is 1. The molecule has 7 nitrogen and oxygen atoms in total. The quantitative estimate of drug-likeness (QED) is 0.439. The fourth-order valence-corrected chi connectivity index (χ4v) is 5.42. The lowest BCUT2D eigenvalue weighted by Gasteiger charge is -2.49. The van der Waals surface area contributed by atoms with E-state index in [-0.39, 0.29) is 35.3 Å². The highest BCUT2D eigenvalue weighted by Gasteiger charge is 2.43. The lowest BCUT2D eigenvalue weighted by atomic mass is 9.92. The highest BCUT2D eigenvalue weighted by atomic mass is 32.1. The van der Waals surface area contributed by atoms with Gasteiger partial charge in [-0.1, -0.05) is 0 Å². The number of oxazole rings is 1. The van der Waals surface area contributed by atoms with Gasteiger partial charge in [-0.3, -0.25) is 4.90 Å². The number of piperazine rings is 1. The summed E-state index contributed by atoms with van der Waals surface area (Å²) in [7, 11) is 0. The SMILES string of the molecule is CC(C)(C)OC(=O)N1C2CCCC1CN(c1nc3c(C(F)(F)F)ccc(-c4nccs4)c3o1)C2. The lowest BCUT2D eigenvalue weighted by Crippen LogP contribution is -2.63. The molecule has 1 aromatic carbocycles. The van der Waals surface area contributed by atoms with Gasteiger partial charge in [0.25, 0.3) is 6.01 Å². The second-order valence-electron chi connectivity index (χ2n) is 9.70. The number of alkyl halides is 3. The molecule has 2 fully saturated rings.